The third-order valence-electron chi connectivity index (χ3n) is 3.76. The van der Waals surface area contributed by atoms with E-state index in [4.69, 9.17) is 4.42 Å². The Kier molecular flexibility index (Phi) is 4.18. The lowest BCUT2D eigenvalue weighted by molar-refractivity contribution is 0.176. The van der Waals surface area contributed by atoms with E-state index >= 15 is 0 Å². The van der Waals surface area contributed by atoms with Crippen molar-refractivity contribution in [1.82, 2.24) is 15.2 Å². The van der Waals surface area contributed by atoms with Crippen LogP contribution in [0.3, 0.4) is 0 Å². The van der Waals surface area contributed by atoms with Crippen molar-refractivity contribution in [2.24, 2.45) is 0 Å². The van der Waals surface area contributed by atoms with E-state index in [-0.39, 0.29) is 6.04 Å². The summed E-state index contributed by atoms with van der Waals surface area (Å²) >= 11 is 0. The van der Waals surface area contributed by atoms with E-state index in [0.717, 1.165) is 18.1 Å². The van der Waals surface area contributed by atoms with Gasteiger partial charge in [0.1, 0.15) is 5.76 Å². The van der Waals surface area contributed by atoms with Crippen molar-refractivity contribution in [3.8, 4) is 0 Å². The molecule has 1 saturated heterocycles. The van der Waals surface area contributed by atoms with Crippen molar-refractivity contribution < 1.29 is 4.42 Å². The monoisotopic (exact) mass is 237 g/mol. The van der Waals surface area contributed by atoms with Gasteiger partial charge in [-0.1, -0.05) is 6.42 Å². The first-order valence-corrected chi connectivity index (χ1v) is 6.53. The second-order valence-electron chi connectivity index (χ2n) is 5.00. The highest BCUT2D eigenvalue weighted by atomic mass is 16.4. The number of hydrogen-bond acceptors (Lipinski definition) is 4. The standard InChI is InChI=1S/C13H23N3O/c1-10(14-2)12-9-15-13(17-12)8-11-6-4-5-7-16(11)3/h9-11,14H,4-8H2,1-3H3. The molecule has 2 heterocycles. The van der Waals surface area contributed by atoms with Crippen LogP contribution < -0.4 is 5.32 Å². The van der Waals surface area contributed by atoms with Gasteiger partial charge in [-0.15, -0.1) is 0 Å². The van der Waals surface area contributed by atoms with Crippen LogP contribution in [0.2, 0.25) is 0 Å². The molecule has 4 nitrogen and oxygen atoms in total. The van der Waals surface area contributed by atoms with Crippen molar-refractivity contribution in [2.75, 3.05) is 20.6 Å². The summed E-state index contributed by atoms with van der Waals surface area (Å²) < 4.78 is 5.79. The van der Waals surface area contributed by atoms with Crippen LogP contribution in [0.4, 0.5) is 0 Å². The fraction of sp³-hybridized carbons (Fsp3) is 0.769. The molecule has 0 spiro atoms. The summed E-state index contributed by atoms with van der Waals surface area (Å²) in [6, 6.07) is 0.834. The number of nitrogens with one attached hydrogen (secondary N) is 1. The summed E-state index contributed by atoms with van der Waals surface area (Å²) in [5, 5.41) is 3.16. The van der Waals surface area contributed by atoms with Crippen molar-refractivity contribution in [1.29, 1.82) is 0 Å². The van der Waals surface area contributed by atoms with Gasteiger partial charge in [0.25, 0.3) is 0 Å². The Labute approximate surface area is 103 Å². The lowest BCUT2D eigenvalue weighted by Gasteiger charge is -2.31. The van der Waals surface area contributed by atoms with E-state index in [1.165, 1.54) is 25.8 Å². The summed E-state index contributed by atoms with van der Waals surface area (Å²) in [4.78, 5) is 6.81. The Morgan fingerprint density at radius 2 is 2.41 bits per heavy atom. The maximum atomic E-state index is 5.79. The Hall–Kier alpha value is -0.870. The Morgan fingerprint density at radius 1 is 1.59 bits per heavy atom. The van der Waals surface area contributed by atoms with Crippen LogP contribution in [-0.4, -0.2) is 36.6 Å². The number of hydrogen-bond donors (Lipinski definition) is 1. The third-order valence-corrected chi connectivity index (χ3v) is 3.76. The molecule has 96 valence electrons. The number of rotatable bonds is 4. The van der Waals surface area contributed by atoms with Gasteiger partial charge in [-0.25, -0.2) is 4.98 Å². The van der Waals surface area contributed by atoms with E-state index < -0.39 is 0 Å². The minimum Gasteiger partial charge on any atom is -0.444 e. The summed E-state index contributed by atoms with van der Waals surface area (Å²) in [6.45, 7) is 3.28. The molecule has 1 aromatic rings. The molecule has 0 saturated carbocycles. The summed E-state index contributed by atoms with van der Waals surface area (Å²) in [7, 11) is 4.13. The average molecular weight is 237 g/mol. The summed E-state index contributed by atoms with van der Waals surface area (Å²) in [6.07, 6.45) is 6.69. The van der Waals surface area contributed by atoms with E-state index in [2.05, 4.69) is 29.2 Å². The average Bonchev–Trinajstić information content (AvgIpc) is 2.80. The van der Waals surface area contributed by atoms with Crippen LogP contribution in [-0.2, 0) is 6.42 Å². The van der Waals surface area contributed by atoms with E-state index in [1.54, 1.807) is 0 Å². The van der Waals surface area contributed by atoms with Crippen LogP contribution in [0.5, 0.6) is 0 Å². The van der Waals surface area contributed by atoms with Crippen LogP contribution in [0, 0.1) is 0 Å². The lowest BCUT2D eigenvalue weighted by atomic mass is 10.0. The van der Waals surface area contributed by atoms with Gasteiger partial charge >= 0.3 is 0 Å². The molecule has 1 aliphatic rings. The predicted octanol–water partition coefficient (Wildman–Crippen LogP) is 1.98. The zero-order valence-electron chi connectivity index (χ0n) is 11.1. The molecular weight excluding hydrogens is 214 g/mol. The number of aromatic nitrogens is 1. The topological polar surface area (TPSA) is 41.3 Å². The molecule has 2 rings (SSSR count). The smallest absolute Gasteiger partial charge is 0.196 e. The zero-order valence-corrected chi connectivity index (χ0v) is 11.1. The van der Waals surface area contributed by atoms with Gasteiger partial charge in [-0.05, 0) is 40.4 Å². The van der Waals surface area contributed by atoms with Crippen LogP contribution >= 0.6 is 0 Å². The highest BCUT2D eigenvalue weighted by Gasteiger charge is 2.21. The zero-order chi connectivity index (χ0) is 12.3. The van der Waals surface area contributed by atoms with Crippen molar-refractivity contribution in [3.05, 3.63) is 17.8 Å². The predicted molar refractivity (Wildman–Crippen MR) is 68.0 cm³/mol. The Balaban J connectivity index is 1.96. The number of nitrogens with zero attached hydrogens (tertiary/aromatic N) is 2. The molecule has 0 aliphatic carbocycles. The molecule has 0 aromatic carbocycles. The van der Waals surface area contributed by atoms with Gasteiger partial charge in [-0.2, -0.15) is 0 Å². The van der Waals surface area contributed by atoms with Gasteiger partial charge in [-0.3, -0.25) is 0 Å². The maximum absolute atomic E-state index is 5.79. The number of oxazole rings is 1. The molecule has 2 atom stereocenters. The van der Waals surface area contributed by atoms with E-state index in [9.17, 15) is 0 Å². The van der Waals surface area contributed by atoms with Crippen molar-refractivity contribution >= 4 is 0 Å². The first-order chi connectivity index (χ1) is 8.20. The molecule has 17 heavy (non-hydrogen) atoms. The van der Waals surface area contributed by atoms with Crippen molar-refractivity contribution in [3.63, 3.8) is 0 Å². The molecular formula is C13H23N3O. The summed E-state index contributed by atoms with van der Waals surface area (Å²) in [5.41, 5.74) is 0. The lowest BCUT2D eigenvalue weighted by Crippen LogP contribution is -2.37. The Morgan fingerprint density at radius 3 is 3.12 bits per heavy atom. The van der Waals surface area contributed by atoms with Gasteiger partial charge in [0, 0.05) is 12.5 Å². The first-order valence-electron chi connectivity index (χ1n) is 6.53. The molecule has 1 N–H and O–H groups in total. The fourth-order valence-electron chi connectivity index (χ4n) is 2.36. The number of likely N-dealkylation sites (tertiary alicyclic amines) is 1. The largest absolute Gasteiger partial charge is 0.444 e. The quantitative estimate of drug-likeness (QED) is 0.869. The normalized spacial score (nSPS) is 23.8. The van der Waals surface area contributed by atoms with Crippen LogP contribution in [0.15, 0.2) is 10.6 Å². The van der Waals surface area contributed by atoms with Gasteiger partial charge in [0.05, 0.1) is 12.2 Å². The number of piperidine rings is 1. The van der Waals surface area contributed by atoms with Gasteiger partial charge < -0.3 is 14.6 Å². The van der Waals surface area contributed by atoms with E-state index in [0.29, 0.717) is 6.04 Å². The second kappa shape index (κ2) is 5.65. The first kappa shape index (κ1) is 12.6. The molecule has 0 amide bonds. The SMILES string of the molecule is CNC(C)c1cnc(CC2CCCCN2C)o1. The molecule has 2 unspecified atom stereocenters. The maximum Gasteiger partial charge on any atom is 0.196 e. The molecule has 1 fully saturated rings. The fourth-order valence-corrected chi connectivity index (χ4v) is 2.36. The highest BCUT2D eigenvalue weighted by Crippen LogP contribution is 2.20. The molecule has 0 bridgehead atoms. The molecule has 0 radical (unpaired) electrons. The minimum absolute atomic E-state index is 0.236. The highest BCUT2D eigenvalue weighted by molar-refractivity contribution is 5.00. The third kappa shape index (κ3) is 3.07. The minimum atomic E-state index is 0.236. The van der Waals surface area contributed by atoms with Crippen molar-refractivity contribution in [2.45, 2.75) is 44.7 Å². The van der Waals surface area contributed by atoms with Crippen LogP contribution in [0.1, 0.15) is 43.9 Å². The molecule has 4 heteroatoms. The van der Waals surface area contributed by atoms with Crippen LogP contribution in [0.25, 0.3) is 0 Å². The summed E-state index contributed by atoms with van der Waals surface area (Å²) in [5.74, 6) is 1.81. The van der Waals surface area contributed by atoms with Gasteiger partial charge in [0.2, 0.25) is 0 Å². The molecule has 1 aliphatic heterocycles. The second-order valence-corrected chi connectivity index (χ2v) is 5.00. The van der Waals surface area contributed by atoms with Gasteiger partial charge in [0.15, 0.2) is 5.89 Å². The Bertz CT molecular complexity index is 350. The van der Waals surface area contributed by atoms with E-state index in [1.807, 2.05) is 13.2 Å². The number of likely N-dealkylation sites (N-methyl/N-ethyl adjacent to an activating group) is 1. The molecule has 1 aromatic heterocycles.